The SMILES string of the molecule is COc1ccc(C(=O)CCC(=O)O)cc1OCNCc1c(C)cccc1C. The normalized spacial score (nSPS) is 10.5. The molecule has 0 unspecified atom stereocenters. The Balaban J connectivity index is 1.99. The van der Waals surface area contributed by atoms with Crippen LogP contribution in [0.3, 0.4) is 0 Å². The van der Waals surface area contributed by atoms with Gasteiger partial charge in [-0.2, -0.15) is 0 Å². The Bertz CT molecular complexity index is 796. The zero-order valence-electron chi connectivity index (χ0n) is 15.9. The first kappa shape index (κ1) is 20.5. The number of nitrogens with one attached hydrogen (secondary N) is 1. The van der Waals surface area contributed by atoms with Crippen LogP contribution in [-0.2, 0) is 11.3 Å². The first-order valence-corrected chi connectivity index (χ1v) is 8.74. The monoisotopic (exact) mass is 371 g/mol. The van der Waals surface area contributed by atoms with Gasteiger partial charge in [0.15, 0.2) is 17.3 Å². The number of ether oxygens (including phenoxy) is 2. The summed E-state index contributed by atoms with van der Waals surface area (Å²) >= 11 is 0. The molecule has 0 bridgehead atoms. The fourth-order valence-corrected chi connectivity index (χ4v) is 2.76. The lowest BCUT2D eigenvalue weighted by molar-refractivity contribution is -0.136. The lowest BCUT2D eigenvalue weighted by atomic mass is 10.0. The maximum Gasteiger partial charge on any atom is 0.303 e. The molecule has 0 heterocycles. The second-order valence-electron chi connectivity index (χ2n) is 6.27. The summed E-state index contributed by atoms with van der Waals surface area (Å²) < 4.78 is 11.0. The van der Waals surface area contributed by atoms with E-state index in [0.717, 1.165) is 0 Å². The number of carboxylic acids is 1. The highest BCUT2D eigenvalue weighted by molar-refractivity contribution is 5.98. The zero-order chi connectivity index (χ0) is 19.8. The molecule has 0 spiro atoms. The Morgan fingerprint density at radius 1 is 1.04 bits per heavy atom. The molecule has 0 aliphatic rings. The van der Waals surface area contributed by atoms with Crippen LogP contribution in [0.4, 0.5) is 0 Å². The minimum Gasteiger partial charge on any atom is -0.493 e. The number of benzene rings is 2. The van der Waals surface area contributed by atoms with E-state index in [-0.39, 0.29) is 25.4 Å². The number of carboxylic acid groups (broad SMARTS) is 1. The minimum absolute atomic E-state index is 0.0497. The molecule has 2 aromatic carbocycles. The van der Waals surface area contributed by atoms with E-state index in [9.17, 15) is 9.59 Å². The van der Waals surface area contributed by atoms with Gasteiger partial charge in [-0.3, -0.25) is 14.9 Å². The zero-order valence-corrected chi connectivity index (χ0v) is 15.9. The number of rotatable bonds is 10. The fraction of sp³-hybridized carbons (Fsp3) is 0.333. The van der Waals surface area contributed by atoms with Crippen molar-refractivity contribution in [3.63, 3.8) is 0 Å². The first-order chi connectivity index (χ1) is 12.9. The van der Waals surface area contributed by atoms with Gasteiger partial charge in [0.1, 0.15) is 6.73 Å². The van der Waals surface area contributed by atoms with Crippen LogP contribution < -0.4 is 14.8 Å². The summed E-state index contributed by atoms with van der Waals surface area (Å²) in [5, 5.41) is 11.9. The third-order valence-electron chi connectivity index (χ3n) is 4.33. The number of hydrogen-bond donors (Lipinski definition) is 2. The minimum atomic E-state index is -0.996. The predicted molar refractivity (Wildman–Crippen MR) is 102 cm³/mol. The van der Waals surface area contributed by atoms with E-state index in [4.69, 9.17) is 14.6 Å². The van der Waals surface area contributed by atoms with Gasteiger partial charge in [-0.15, -0.1) is 0 Å². The lowest BCUT2D eigenvalue weighted by Crippen LogP contribution is -2.21. The van der Waals surface area contributed by atoms with Crippen LogP contribution in [-0.4, -0.2) is 30.7 Å². The molecule has 0 aliphatic carbocycles. The summed E-state index contributed by atoms with van der Waals surface area (Å²) in [5.74, 6) is -0.288. The molecule has 2 N–H and O–H groups in total. The summed E-state index contributed by atoms with van der Waals surface area (Å²) in [4.78, 5) is 22.8. The molecule has 2 rings (SSSR count). The highest BCUT2D eigenvalue weighted by Gasteiger charge is 2.13. The third-order valence-corrected chi connectivity index (χ3v) is 4.33. The van der Waals surface area contributed by atoms with Gasteiger partial charge in [0.2, 0.25) is 0 Å². The molecule has 0 aliphatic heterocycles. The Morgan fingerprint density at radius 2 is 1.74 bits per heavy atom. The summed E-state index contributed by atoms with van der Waals surface area (Å²) in [5.41, 5.74) is 4.06. The number of methoxy groups -OCH3 is 1. The van der Waals surface area contributed by atoms with Crippen molar-refractivity contribution in [2.24, 2.45) is 0 Å². The predicted octanol–water partition coefficient (Wildman–Crippen LogP) is 3.49. The van der Waals surface area contributed by atoms with Gasteiger partial charge in [-0.05, 0) is 48.7 Å². The molecule has 0 saturated heterocycles. The van der Waals surface area contributed by atoms with E-state index >= 15 is 0 Å². The summed E-state index contributed by atoms with van der Waals surface area (Å²) in [6.45, 7) is 5.05. The molecule has 6 heteroatoms. The van der Waals surface area contributed by atoms with Crippen LogP contribution in [0, 0.1) is 13.8 Å². The van der Waals surface area contributed by atoms with E-state index in [1.165, 1.54) is 23.8 Å². The number of aryl methyl sites for hydroxylation is 2. The number of ketones is 1. The summed E-state index contributed by atoms with van der Waals surface area (Å²) in [7, 11) is 1.53. The molecular weight excluding hydrogens is 346 g/mol. The van der Waals surface area contributed by atoms with Crippen LogP contribution in [0.1, 0.15) is 39.9 Å². The van der Waals surface area contributed by atoms with Gasteiger partial charge in [0.05, 0.1) is 13.5 Å². The molecule has 0 saturated carbocycles. The van der Waals surface area contributed by atoms with E-state index in [1.54, 1.807) is 18.2 Å². The first-order valence-electron chi connectivity index (χ1n) is 8.74. The van der Waals surface area contributed by atoms with Crippen molar-refractivity contribution in [2.45, 2.75) is 33.2 Å². The second-order valence-corrected chi connectivity index (χ2v) is 6.27. The molecule has 0 fully saturated rings. The Labute approximate surface area is 159 Å². The van der Waals surface area contributed by atoms with Crippen molar-refractivity contribution in [2.75, 3.05) is 13.8 Å². The van der Waals surface area contributed by atoms with Crippen molar-refractivity contribution < 1.29 is 24.2 Å². The fourth-order valence-electron chi connectivity index (χ4n) is 2.76. The lowest BCUT2D eigenvalue weighted by Gasteiger charge is -2.14. The molecule has 6 nitrogen and oxygen atoms in total. The van der Waals surface area contributed by atoms with Crippen molar-refractivity contribution >= 4 is 11.8 Å². The van der Waals surface area contributed by atoms with Crippen LogP contribution in [0.15, 0.2) is 36.4 Å². The Hall–Kier alpha value is -2.86. The van der Waals surface area contributed by atoms with Gasteiger partial charge in [0.25, 0.3) is 0 Å². The Kier molecular flexibility index (Phi) is 7.37. The van der Waals surface area contributed by atoms with E-state index in [0.29, 0.717) is 23.6 Å². The Morgan fingerprint density at radius 3 is 2.37 bits per heavy atom. The molecule has 144 valence electrons. The number of aliphatic carboxylic acids is 1. The topological polar surface area (TPSA) is 84.9 Å². The van der Waals surface area contributed by atoms with Crippen molar-refractivity contribution in [3.8, 4) is 11.5 Å². The van der Waals surface area contributed by atoms with E-state index < -0.39 is 5.97 Å². The van der Waals surface area contributed by atoms with Crippen molar-refractivity contribution in [3.05, 3.63) is 58.7 Å². The quantitative estimate of drug-likeness (QED) is 0.378. The average molecular weight is 371 g/mol. The summed E-state index contributed by atoms with van der Waals surface area (Å²) in [6.07, 6.45) is -0.246. The molecule has 0 amide bonds. The standard InChI is InChI=1S/C21H25NO5/c1-14-5-4-6-15(2)17(14)12-22-13-27-20-11-16(7-9-19(20)26-3)18(23)8-10-21(24)25/h4-7,9,11,22H,8,10,12-13H2,1-3H3,(H,24,25). The highest BCUT2D eigenvalue weighted by Crippen LogP contribution is 2.28. The average Bonchev–Trinajstić information content (AvgIpc) is 2.64. The molecule has 0 atom stereocenters. The van der Waals surface area contributed by atoms with Gasteiger partial charge >= 0.3 is 5.97 Å². The van der Waals surface area contributed by atoms with Gasteiger partial charge < -0.3 is 14.6 Å². The highest BCUT2D eigenvalue weighted by atomic mass is 16.5. The molecule has 2 aromatic rings. The third kappa shape index (κ3) is 5.82. The number of hydrogen-bond acceptors (Lipinski definition) is 5. The summed E-state index contributed by atoms with van der Waals surface area (Å²) in [6, 6.07) is 11.0. The number of Topliss-reactive ketones (excluding diaryl/α,β-unsaturated/α-hetero) is 1. The number of carbonyl (C=O) groups is 2. The van der Waals surface area contributed by atoms with Crippen molar-refractivity contribution in [1.82, 2.24) is 5.32 Å². The van der Waals surface area contributed by atoms with Crippen LogP contribution in [0.5, 0.6) is 11.5 Å². The van der Waals surface area contributed by atoms with Crippen molar-refractivity contribution in [1.29, 1.82) is 0 Å². The van der Waals surface area contributed by atoms with Crippen LogP contribution in [0.25, 0.3) is 0 Å². The molecular formula is C21H25NO5. The second kappa shape index (κ2) is 9.73. The van der Waals surface area contributed by atoms with Gasteiger partial charge in [-0.1, -0.05) is 18.2 Å². The van der Waals surface area contributed by atoms with E-state index in [1.807, 2.05) is 6.07 Å². The van der Waals surface area contributed by atoms with Crippen LogP contribution in [0.2, 0.25) is 0 Å². The molecule has 0 aromatic heterocycles. The van der Waals surface area contributed by atoms with Gasteiger partial charge in [0, 0.05) is 18.5 Å². The van der Waals surface area contributed by atoms with E-state index in [2.05, 4.69) is 31.3 Å². The molecule has 0 radical (unpaired) electrons. The maximum atomic E-state index is 12.1. The van der Waals surface area contributed by atoms with Gasteiger partial charge in [-0.25, -0.2) is 0 Å². The molecule has 27 heavy (non-hydrogen) atoms. The maximum absolute atomic E-state index is 12.1. The van der Waals surface area contributed by atoms with Crippen LogP contribution >= 0.6 is 0 Å². The smallest absolute Gasteiger partial charge is 0.303 e. The number of carbonyl (C=O) groups excluding carboxylic acids is 1. The largest absolute Gasteiger partial charge is 0.493 e.